The molecule has 2 N–H and O–H groups in total. The van der Waals surface area contributed by atoms with Crippen LogP contribution in [0.15, 0.2) is 30.3 Å². The second-order valence-corrected chi connectivity index (χ2v) is 8.25. The van der Waals surface area contributed by atoms with E-state index in [4.69, 9.17) is 9.47 Å². The van der Waals surface area contributed by atoms with Gasteiger partial charge in [-0.1, -0.05) is 12.1 Å². The van der Waals surface area contributed by atoms with Gasteiger partial charge < -0.3 is 19.8 Å². The fourth-order valence-corrected chi connectivity index (χ4v) is 4.51. The molecule has 1 aliphatic heterocycles. The number of ether oxygens (including phenoxy) is 2. The molecule has 7 heteroatoms. The van der Waals surface area contributed by atoms with Gasteiger partial charge in [-0.15, -0.1) is 11.3 Å². The van der Waals surface area contributed by atoms with Crippen LogP contribution in [-0.2, 0) is 17.8 Å². The van der Waals surface area contributed by atoms with Gasteiger partial charge in [-0.3, -0.25) is 9.69 Å². The molecule has 1 aliphatic rings. The highest BCUT2D eigenvalue weighted by molar-refractivity contribution is 7.19. The molecule has 3 aromatic rings. The van der Waals surface area contributed by atoms with E-state index in [0.29, 0.717) is 12.2 Å². The number of amides is 1. The Labute approximate surface area is 168 Å². The number of aromatic nitrogens is 1. The summed E-state index contributed by atoms with van der Waals surface area (Å²) >= 11 is 1.74. The van der Waals surface area contributed by atoms with E-state index in [2.05, 4.69) is 28.2 Å². The number of carbonyl (C=O) groups excluding carboxylic acids is 1. The minimum absolute atomic E-state index is 0.0693. The molecule has 0 aliphatic carbocycles. The van der Waals surface area contributed by atoms with Gasteiger partial charge in [0, 0.05) is 36.6 Å². The molecule has 6 nitrogen and oxygen atoms in total. The van der Waals surface area contributed by atoms with E-state index < -0.39 is 0 Å². The fraction of sp³-hybridized carbons (Fsp3) is 0.381. The van der Waals surface area contributed by atoms with Crippen LogP contribution in [0.5, 0.6) is 5.75 Å². The van der Waals surface area contributed by atoms with Gasteiger partial charge in [0.1, 0.15) is 11.4 Å². The van der Waals surface area contributed by atoms with E-state index in [1.807, 2.05) is 24.3 Å². The standard InChI is InChI=1S/C21H25N3O3S/c1-14-11-18-20(28-14)17(13-24-7-9-27-10-8-24)19(23-18)21(25)22-12-15-3-5-16(26-2)6-4-15/h3-6,11,23H,7-10,12-13H2,1-2H3,(H,22,25). The first-order chi connectivity index (χ1) is 13.6. The zero-order chi connectivity index (χ0) is 19.5. The summed E-state index contributed by atoms with van der Waals surface area (Å²) in [6, 6.07) is 9.84. The Bertz CT molecular complexity index is 955. The highest BCUT2D eigenvalue weighted by atomic mass is 32.1. The average molecular weight is 400 g/mol. The lowest BCUT2D eigenvalue weighted by molar-refractivity contribution is 0.0342. The van der Waals surface area contributed by atoms with Crippen LogP contribution in [0.4, 0.5) is 0 Å². The minimum Gasteiger partial charge on any atom is -0.497 e. The molecule has 0 bridgehead atoms. The van der Waals surface area contributed by atoms with E-state index in [9.17, 15) is 4.79 Å². The Kier molecular flexibility index (Phi) is 5.66. The summed E-state index contributed by atoms with van der Waals surface area (Å²) in [6.45, 7) is 6.61. The third-order valence-electron chi connectivity index (χ3n) is 5.02. The van der Waals surface area contributed by atoms with Crippen molar-refractivity contribution in [2.75, 3.05) is 33.4 Å². The number of benzene rings is 1. The molecule has 1 amide bonds. The maximum absolute atomic E-state index is 13.0. The summed E-state index contributed by atoms with van der Waals surface area (Å²) < 4.78 is 11.8. The molecule has 1 saturated heterocycles. The van der Waals surface area contributed by atoms with Crippen molar-refractivity contribution in [1.29, 1.82) is 0 Å². The van der Waals surface area contributed by atoms with Gasteiger partial charge in [-0.25, -0.2) is 0 Å². The highest BCUT2D eigenvalue weighted by Crippen LogP contribution is 2.32. The molecular weight excluding hydrogens is 374 g/mol. The van der Waals surface area contributed by atoms with E-state index >= 15 is 0 Å². The van der Waals surface area contributed by atoms with Crippen LogP contribution in [0, 0.1) is 6.92 Å². The molecule has 1 fully saturated rings. The van der Waals surface area contributed by atoms with Crippen LogP contribution in [0.2, 0.25) is 0 Å². The maximum atomic E-state index is 13.0. The molecule has 0 atom stereocenters. The van der Waals surface area contributed by atoms with E-state index in [-0.39, 0.29) is 5.91 Å². The maximum Gasteiger partial charge on any atom is 0.268 e. The Morgan fingerprint density at radius 3 is 2.75 bits per heavy atom. The molecule has 2 aromatic heterocycles. The Balaban J connectivity index is 1.53. The van der Waals surface area contributed by atoms with Crippen LogP contribution in [-0.4, -0.2) is 49.2 Å². The molecule has 28 heavy (non-hydrogen) atoms. The number of hydrogen-bond donors (Lipinski definition) is 2. The zero-order valence-electron chi connectivity index (χ0n) is 16.2. The number of aromatic amines is 1. The molecular formula is C21H25N3O3S. The van der Waals surface area contributed by atoms with E-state index in [1.54, 1.807) is 18.4 Å². The second kappa shape index (κ2) is 8.34. The SMILES string of the molecule is COc1ccc(CNC(=O)c2[nH]c3cc(C)sc3c2CN2CCOCC2)cc1. The van der Waals surface area contributed by atoms with Crippen molar-refractivity contribution in [2.45, 2.75) is 20.0 Å². The van der Waals surface area contributed by atoms with Crippen LogP contribution in [0.3, 0.4) is 0 Å². The highest BCUT2D eigenvalue weighted by Gasteiger charge is 2.22. The zero-order valence-corrected chi connectivity index (χ0v) is 17.0. The molecule has 0 spiro atoms. The summed E-state index contributed by atoms with van der Waals surface area (Å²) in [5.41, 5.74) is 3.83. The summed E-state index contributed by atoms with van der Waals surface area (Å²) in [4.78, 5) is 19.9. The van der Waals surface area contributed by atoms with Crippen molar-refractivity contribution < 1.29 is 14.3 Å². The van der Waals surface area contributed by atoms with Gasteiger partial charge in [0.05, 0.1) is 30.5 Å². The van der Waals surface area contributed by atoms with Crippen LogP contribution < -0.4 is 10.1 Å². The van der Waals surface area contributed by atoms with Crippen molar-refractivity contribution >= 4 is 27.5 Å². The predicted octanol–water partition coefficient (Wildman–Crippen LogP) is 3.31. The number of nitrogens with one attached hydrogen (secondary N) is 2. The van der Waals surface area contributed by atoms with E-state index in [0.717, 1.165) is 55.2 Å². The molecule has 0 unspecified atom stereocenters. The van der Waals surface area contributed by atoms with Crippen molar-refractivity contribution in [1.82, 2.24) is 15.2 Å². The number of morpholine rings is 1. The summed E-state index contributed by atoms with van der Waals surface area (Å²) in [7, 11) is 1.64. The summed E-state index contributed by atoms with van der Waals surface area (Å²) in [5, 5.41) is 3.05. The quantitative estimate of drug-likeness (QED) is 0.667. The van der Waals surface area contributed by atoms with Gasteiger partial charge in [-0.2, -0.15) is 0 Å². The van der Waals surface area contributed by atoms with Gasteiger partial charge in [0.25, 0.3) is 5.91 Å². The van der Waals surface area contributed by atoms with Crippen LogP contribution >= 0.6 is 11.3 Å². The first kappa shape index (κ1) is 19.0. The van der Waals surface area contributed by atoms with Gasteiger partial charge in [0.2, 0.25) is 0 Å². The number of thiophene rings is 1. The first-order valence-electron chi connectivity index (χ1n) is 9.46. The monoisotopic (exact) mass is 399 g/mol. The Morgan fingerprint density at radius 2 is 2.04 bits per heavy atom. The van der Waals surface area contributed by atoms with Crippen molar-refractivity contribution in [2.24, 2.45) is 0 Å². The largest absolute Gasteiger partial charge is 0.497 e. The normalized spacial score (nSPS) is 15.1. The third kappa shape index (κ3) is 4.06. The number of methoxy groups -OCH3 is 1. The predicted molar refractivity (Wildman–Crippen MR) is 111 cm³/mol. The Hall–Kier alpha value is -2.35. The fourth-order valence-electron chi connectivity index (χ4n) is 3.50. The smallest absolute Gasteiger partial charge is 0.268 e. The van der Waals surface area contributed by atoms with Crippen LogP contribution in [0.25, 0.3) is 10.2 Å². The van der Waals surface area contributed by atoms with Gasteiger partial charge in [0.15, 0.2) is 0 Å². The molecule has 3 heterocycles. The molecule has 1 aromatic carbocycles. The molecule has 4 rings (SSSR count). The molecule has 0 saturated carbocycles. The summed E-state index contributed by atoms with van der Waals surface area (Å²) in [6.07, 6.45) is 0. The average Bonchev–Trinajstić information content (AvgIpc) is 3.24. The summed E-state index contributed by atoms with van der Waals surface area (Å²) in [5.74, 6) is 0.739. The molecule has 0 radical (unpaired) electrons. The topological polar surface area (TPSA) is 66.6 Å². The lowest BCUT2D eigenvalue weighted by atomic mass is 10.2. The number of hydrogen-bond acceptors (Lipinski definition) is 5. The number of aryl methyl sites for hydroxylation is 1. The number of fused-ring (bicyclic) bond motifs is 1. The Morgan fingerprint density at radius 1 is 1.29 bits per heavy atom. The van der Waals surface area contributed by atoms with Crippen LogP contribution in [0.1, 0.15) is 26.5 Å². The number of carbonyl (C=O) groups is 1. The number of nitrogens with zero attached hydrogens (tertiary/aromatic N) is 1. The molecule has 148 valence electrons. The third-order valence-corrected chi connectivity index (χ3v) is 6.13. The van der Waals surface area contributed by atoms with Gasteiger partial charge >= 0.3 is 0 Å². The lowest BCUT2D eigenvalue weighted by Crippen LogP contribution is -2.36. The van der Waals surface area contributed by atoms with Gasteiger partial charge in [-0.05, 0) is 30.7 Å². The number of rotatable bonds is 6. The lowest BCUT2D eigenvalue weighted by Gasteiger charge is -2.26. The van der Waals surface area contributed by atoms with Crippen molar-refractivity contribution in [3.05, 3.63) is 52.0 Å². The van der Waals surface area contributed by atoms with Crippen molar-refractivity contribution in [3.63, 3.8) is 0 Å². The second-order valence-electron chi connectivity index (χ2n) is 7.00. The first-order valence-corrected chi connectivity index (χ1v) is 10.3. The minimum atomic E-state index is -0.0693. The van der Waals surface area contributed by atoms with E-state index in [1.165, 1.54) is 9.58 Å². The number of H-pyrrole nitrogens is 1. The van der Waals surface area contributed by atoms with Crippen molar-refractivity contribution in [3.8, 4) is 5.75 Å².